The summed E-state index contributed by atoms with van der Waals surface area (Å²) in [4.78, 5) is 22.6. The lowest BCUT2D eigenvalue weighted by Crippen LogP contribution is -2.33. The second-order valence-corrected chi connectivity index (χ2v) is 3.99. The Bertz CT molecular complexity index is 234. The summed E-state index contributed by atoms with van der Waals surface area (Å²) in [5.74, 6) is 0.0207. The summed E-state index contributed by atoms with van der Waals surface area (Å²) in [6.45, 7) is 3.75. The normalized spacial score (nSPS) is 11.9. The van der Waals surface area contributed by atoms with Crippen molar-refractivity contribution in [3.63, 3.8) is 0 Å². The van der Waals surface area contributed by atoms with Crippen LogP contribution in [0.3, 0.4) is 0 Å². The Hall–Kier alpha value is -1.14. The minimum absolute atomic E-state index is 0.0624. The fraction of sp³-hybridized carbons (Fsp3) is 0.818. The lowest BCUT2D eigenvalue weighted by atomic mass is 10.1. The van der Waals surface area contributed by atoms with Crippen LogP contribution in [0.4, 0.5) is 0 Å². The molecule has 0 saturated carbocycles. The van der Waals surface area contributed by atoms with Crippen molar-refractivity contribution < 1.29 is 14.3 Å². The Labute approximate surface area is 102 Å². The van der Waals surface area contributed by atoms with Crippen molar-refractivity contribution in [3.05, 3.63) is 0 Å². The molecule has 4 N–H and O–H groups in total. The highest BCUT2D eigenvalue weighted by Crippen LogP contribution is 1.97. The van der Waals surface area contributed by atoms with E-state index in [0.717, 1.165) is 0 Å². The van der Waals surface area contributed by atoms with Crippen LogP contribution >= 0.6 is 0 Å². The van der Waals surface area contributed by atoms with Crippen LogP contribution in [0.25, 0.3) is 0 Å². The highest BCUT2D eigenvalue weighted by Gasteiger charge is 2.07. The zero-order valence-corrected chi connectivity index (χ0v) is 10.6. The Morgan fingerprint density at radius 1 is 1.24 bits per heavy atom. The average Bonchev–Trinajstić information content (AvgIpc) is 2.29. The molecule has 0 aliphatic carbocycles. The maximum absolute atomic E-state index is 11.3. The van der Waals surface area contributed by atoms with Gasteiger partial charge in [0.1, 0.15) is 0 Å². The number of methoxy groups -OCH3 is 1. The molecule has 0 saturated heterocycles. The smallest absolute Gasteiger partial charge is 0.221 e. The van der Waals surface area contributed by atoms with Gasteiger partial charge in [0.15, 0.2) is 0 Å². The zero-order chi connectivity index (χ0) is 13.1. The predicted octanol–water partition coefficient (Wildman–Crippen LogP) is -0.760. The van der Waals surface area contributed by atoms with Crippen LogP contribution in [0.2, 0.25) is 0 Å². The largest absolute Gasteiger partial charge is 0.383 e. The predicted molar refractivity (Wildman–Crippen MR) is 65.3 cm³/mol. The molecule has 0 heterocycles. The number of nitrogens with two attached hydrogens (primary N) is 1. The van der Waals surface area contributed by atoms with E-state index in [2.05, 4.69) is 10.6 Å². The van der Waals surface area contributed by atoms with Gasteiger partial charge in [0.05, 0.1) is 6.61 Å². The summed E-state index contributed by atoms with van der Waals surface area (Å²) < 4.78 is 4.79. The van der Waals surface area contributed by atoms with Crippen molar-refractivity contribution in [2.75, 3.05) is 33.4 Å². The molecule has 17 heavy (non-hydrogen) atoms. The Morgan fingerprint density at radius 2 is 1.88 bits per heavy atom. The number of amides is 2. The van der Waals surface area contributed by atoms with E-state index in [1.165, 1.54) is 0 Å². The third-order valence-corrected chi connectivity index (χ3v) is 2.24. The number of nitrogens with one attached hydrogen (secondary N) is 2. The molecule has 0 rings (SSSR count). The van der Waals surface area contributed by atoms with E-state index in [1.807, 2.05) is 6.92 Å². The minimum Gasteiger partial charge on any atom is -0.383 e. The van der Waals surface area contributed by atoms with Crippen molar-refractivity contribution >= 4 is 11.8 Å². The van der Waals surface area contributed by atoms with Crippen molar-refractivity contribution in [3.8, 4) is 0 Å². The fourth-order valence-corrected chi connectivity index (χ4v) is 1.17. The van der Waals surface area contributed by atoms with Crippen LogP contribution in [0, 0.1) is 5.92 Å². The van der Waals surface area contributed by atoms with Crippen LogP contribution in [0.5, 0.6) is 0 Å². The molecule has 0 spiro atoms. The monoisotopic (exact) mass is 245 g/mol. The summed E-state index contributed by atoms with van der Waals surface area (Å²) in [7, 11) is 1.57. The van der Waals surface area contributed by atoms with Crippen molar-refractivity contribution in [1.82, 2.24) is 10.6 Å². The maximum atomic E-state index is 11.3. The third kappa shape index (κ3) is 9.77. The highest BCUT2D eigenvalue weighted by molar-refractivity contribution is 5.79. The number of hydrogen-bond donors (Lipinski definition) is 3. The first-order chi connectivity index (χ1) is 8.10. The molecule has 0 aliphatic rings. The molecule has 0 bridgehead atoms. The molecule has 6 heteroatoms. The van der Waals surface area contributed by atoms with Crippen LogP contribution < -0.4 is 16.4 Å². The van der Waals surface area contributed by atoms with E-state index in [1.54, 1.807) is 7.11 Å². The lowest BCUT2D eigenvalue weighted by molar-refractivity contribution is -0.122. The fourth-order valence-electron chi connectivity index (χ4n) is 1.17. The standard InChI is InChI=1S/C11H23N3O3/c1-9(8-12)7-11(16)13-4-3-10(15)14-5-6-17-2/h9H,3-8,12H2,1-2H3,(H,13,16)(H,14,15). The number of rotatable bonds is 9. The summed E-state index contributed by atoms with van der Waals surface area (Å²) in [5.41, 5.74) is 5.41. The topological polar surface area (TPSA) is 93.5 Å². The molecule has 100 valence electrons. The number of carbonyl (C=O) groups is 2. The molecule has 1 atom stereocenters. The van der Waals surface area contributed by atoms with Crippen LogP contribution in [-0.4, -0.2) is 45.2 Å². The van der Waals surface area contributed by atoms with Gasteiger partial charge >= 0.3 is 0 Å². The van der Waals surface area contributed by atoms with E-state index in [4.69, 9.17) is 10.5 Å². The van der Waals surface area contributed by atoms with E-state index in [0.29, 0.717) is 32.7 Å². The van der Waals surface area contributed by atoms with Crippen LogP contribution in [-0.2, 0) is 14.3 Å². The Morgan fingerprint density at radius 3 is 2.47 bits per heavy atom. The summed E-state index contributed by atoms with van der Waals surface area (Å²) in [6, 6.07) is 0. The minimum atomic E-state index is -0.0887. The molecule has 6 nitrogen and oxygen atoms in total. The summed E-state index contributed by atoms with van der Waals surface area (Å²) >= 11 is 0. The average molecular weight is 245 g/mol. The quantitative estimate of drug-likeness (QED) is 0.465. The van der Waals surface area contributed by atoms with Crippen molar-refractivity contribution in [1.29, 1.82) is 0 Å². The first-order valence-corrected chi connectivity index (χ1v) is 5.82. The van der Waals surface area contributed by atoms with Gasteiger partial charge in [-0.3, -0.25) is 9.59 Å². The number of ether oxygens (including phenoxy) is 1. The van der Waals surface area contributed by atoms with Crippen molar-refractivity contribution in [2.24, 2.45) is 11.7 Å². The Balaban J connectivity index is 3.49. The Kier molecular flexibility index (Phi) is 9.37. The number of carbonyl (C=O) groups excluding carboxylic acids is 2. The first-order valence-electron chi connectivity index (χ1n) is 5.82. The molecule has 0 fully saturated rings. The summed E-state index contributed by atoms with van der Waals surface area (Å²) in [6.07, 6.45) is 0.689. The van der Waals surface area contributed by atoms with Gasteiger partial charge in [-0.1, -0.05) is 6.92 Å². The van der Waals surface area contributed by atoms with Crippen LogP contribution in [0.15, 0.2) is 0 Å². The van der Waals surface area contributed by atoms with Gasteiger partial charge < -0.3 is 21.1 Å². The molecular weight excluding hydrogens is 222 g/mol. The van der Waals surface area contributed by atoms with Gasteiger partial charge in [-0.25, -0.2) is 0 Å². The molecule has 1 unspecified atom stereocenters. The molecule has 2 amide bonds. The van der Waals surface area contributed by atoms with Gasteiger partial charge in [0.2, 0.25) is 11.8 Å². The molecule has 0 aromatic heterocycles. The van der Waals surface area contributed by atoms with Gasteiger partial charge in [0.25, 0.3) is 0 Å². The van der Waals surface area contributed by atoms with Gasteiger partial charge in [-0.05, 0) is 12.5 Å². The first kappa shape index (κ1) is 15.9. The molecule has 0 radical (unpaired) electrons. The second-order valence-electron chi connectivity index (χ2n) is 3.99. The maximum Gasteiger partial charge on any atom is 0.221 e. The highest BCUT2D eigenvalue weighted by atomic mass is 16.5. The van der Waals surface area contributed by atoms with Gasteiger partial charge in [-0.15, -0.1) is 0 Å². The zero-order valence-electron chi connectivity index (χ0n) is 10.6. The van der Waals surface area contributed by atoms with Gasteiger partial charge in [-0.2, -0.15) is 0 Å². The van der Waals surface area contributed by atoms with Crippen molar-refractivity contribution in [2.45, 2.75) is 19.8 Å². The van der Waals surface area contributed by atoms with E-state index in [9.17, 15) is 9.59 Å². The molecule has 0 aliphatic heterocycles. The van der Waals surface area contributed by atoms with E-state index in [-0.39, 0.29) is 24.2 Å². The van der Waals surface area contributed by atoms with Crippen LogP contribution in [0.1, 0.15) is 19.8 Å². The molecule has 0 aromatic rings. The third-order valence-electron chi connectivity index (χ3n) is 2.24. The molecule has 0 aromatic carbocycles. The number of hydrogen-bond acceptors (Lipinski definition) is 4. The summed E-state index contributed by atoms with van der Waals surface area (Å²) in [5, 5.41) is 5.36. The second kappa shape index (κ2) is 10.0. The SMILES string of the molecule is COCCNC(=O)CCNC(=O)CC(C)CN. The van der Waals surface area contributed by atoms with E-state index >= 15 is 0 Å². The molecular formula is C11H23N3O3. The van der Waals surface area contributed by atoms with E-state index < -0.39 is 0 Å². The van der Waals surface area contributed by atoms with Gasteiger partial charge in [0, 0.05) is 33.0 Å². The lowest BCUT2D eigenvalue weighted by Gasteiger charge is -2.09.